The summed E-state index contributed by atoms with van der Waals surface area (Å²) in [4.78, 5) is 12.8. The molecule has 0 bridgehead atoms. The summed E-state index contributed by atoms with van der Waals surface area (Å²) in [6, 6.07) is 3.15. The van der Waals surface area contributed by atoms with Crippen molar-refractivity contribution in [2.75, 3.05) is 42.9 Å². The van der Waals surface area contributed by atoms with Crippen molar-refractivity contribution in [2.45, 2.75) is 0 Å². The molecular formula is C13H17ClN4O2. The topological polar surface area (TPSA) is 70.4 Å². The van der Waals surface area contributed by atoms with Crippen LogP contribution < -0.4 is 15.5 Å². The molecule has 0 unspecified atom stereocenters. The number of hydrogen-bond donors (Lipinski definition) is 2. The largest absolute Gasteiger partial charge is 0.376 e. The Morgan fingerprint density at radius 2 is 2.20 bits per heavy atom. The fourth-order valence-corrected chi connectivity index (χ4v) is 2.45. The maximum Gasteiger partial charge on any atom is 0.293 e. The number of nitro benzene ring substituents is 1. The zero-order chi connectivity index (χ0) is 14.5. The van der Waals surface area contributed by atoms with Crippen LogP contribution in [0.2, 0.25) is 5.02 Å². The van der Waals surface area contributed by atoms with Crippen molar-refractivity contribution in [2.24, 2.45) is 0 Å². The predicted molar refractivity (Wildman–Crippen MR) is 81.9 cm³/mol. The third kappa shape index (κ3) is 3.20. The van der Waals surface area contributed by atoms with Crippen LogP contribution in [0.25, 0.3) is 0 Å². The summed E-state index contributed by atoms with van der Waals surface area (Å²) in [6.45, 7) is 7.48. The van der Waals surface area contributed by atoms with Gasteiger partial charge in [0.2, 0.25) is 0 Å². The molecule has 0 aliphatic carbocycles. The molecule has 0 amide bonds. The highest BCUT2D eigenvalue weighted by molar-refractivity contribution is 6.33. The van der Waals surface area contributed by atoms with Crippen molar-refractivity contribution in [3.05, 3.63) is 39.9 Å². The molecule has 0 atom stereocenters. The minimum atomic E-state index is -0.432. The van der Waals surface area contributed by atoms with Crippen LogP contribution in [0.4, 0.5) is 17.1 Å². The molecule has 1 aromatic rings. The van der Waals surface area contributed by atoms with E-state index < -0.39 is 4.92 Å². The van der Waals surface area contributed by atoms with Crippen molar-refractivity contribution in [1.82, 2.24) is 5.32 Å². The van der Waals surface area contributed by atoms with E-state index >= 15 is 0 Å². The molecule has 1 fully saturated rings. The van der Waals surface area contributed by atoms with Crippen molar-refractivity contribution in [1.29, 1.82) is 0 Å². The summed E-state index contributed by atoms with van der Waals surface area (Å²) in [5, 5.41) is 17.7. The number of benzene rings is 1. The Bertz CT molecular complexity index is 515. The Kier molecular flexibility index (Phi) is 4.81. The second-order valence-electron chi connectivity index (χ2n) is 4.48. The van der Waals surface area contributed by atoms with Gasteiger partial charge in [0.1, 0.15) is 5.69 Å². The van der Waals surface area contributed by atoms with Gasteiger partial charge in [0.15, 0.2) is 0 Å². The number of nitrogens with zero attached hydrogens (tertiary/aromatic N) is 2. The zero-order valence-corrected chi connectivity index (χ0v) is 11.8. The molecule has 2 rings (SSSR count). The normalized spacial score (nSPS) is 14.9. The van der Waals surface area contributed by atoms with E-state index in [2.05, 4.69) is 22.1 Å². The molecule has 20 heavy (non-hydrogen) atoms. The molecule has 1 aliphatic rings. The van der Waals surface area contributed by atoms with Crippen LogP contribution in [-0.4, -0.2) is 37.6 Å². The Labute approximate surface area is 122 Å². The molecule has 0 spiro atoms. The zero-order valence-electron chi connectivity index (χ0n) is 11.1. The van der Waals surface area contributed by atoms with Gasteiger partial charge in [-0.3, -0.25) is 10.1 Å². The number of hydrogen-bond acceptors (Lipinski definition) is 5. The predicted octanol–water partition coefficient (Wildman–Crippen LogP) is 2.26. The van der Waals surface area contributed by atoms with Crippen molar-refractivity contribution in [3.63, 3.8) is 0 Å². The fourth-order valence-electron chi connectivity index (χ4n) is 2.17. The van der Waals surface area contributed by atoms with Crippen molar-refractivity contribution < 1.29 is 4.92 Å². The summed E-state index contributed by atoms with van der Waals surface area (Å²) in [6.07, 6.45) is 1.66. The van der Waals surface area contributed by atoms with E-state index in [1.165, 1.54) is 6.07 Å². The van der Waals surface area contributed by atoms with Gasteiger partial charge in [-0.15, -0.1) is 6.58 Å². The molecule has 1 heterocycles. The van der Waals surface area contributed by atoms with Crippen LogP contribution in [-0.2, 0) is 0 Å². The van der Waals surface area contributed by atoms with E-state index in [9.17, 15) is 10.1 Å². The Hall–Kier alpha value is -1.79. The van der Waals surface area contributed by atoms with Gasteiger partial charge in [-0.25, -0.2) is 0 Å². The lowest BCUT2D eigenvalue weighted by Gasteiger charge is -2.30. The Morgan fingerprint density at radius 3 is 2.80 bits per heavy atom. The van der Waals surface area contributed by atoms with E-state index in [4.69, 9.17) is 11.6 Å². The Morgan fingerprint density at radius 1 is 1.50 bits per heavy atom. The van der Waals surface area contributed by atoms with Gasteiger partial charge in [0.25, 0.3) is 5.69 Å². The van der Waals surface area contributed by atoms with Gasteiger partial charge in [-0.05, 0) is 6.07 Å². The molecule has 108 valence electrons. The van der Waals surface area contributed by atoms with Crippen LogP contribution in [0.1, 0.15) is 0 Å². The standard InChI is InChI=1S/C13H17ClN4O2/c1-2-3-16-11-9-12(17-6-4-15-5-7-17)10(14)8-13(11)18(19)20/h2,8-9,15-16H,1,3-7H2. The number of nitrogens with one attached hydrogen (secondary N) is 2. The van der Waals surface area contributed by atoms with E-state index in [1.807, 2.05) is 0 Å². The molecule has 0 saturated carbocycles. The molecule has 7 heteroatoms. The lowest BCUT2D eigenvalue weighted by molar-refractivity contribution is -0.383. The molecular weight excluding hydrogens is 280 g/mol. The highest BCUT2D eigenvalue weighted by Gasteiger charge is 2.21. The van der Waals surface area contributed by atoms with Crippen LogP contribution in [0.15, 0.2) is 24.8 Å². The molecule has 0 aromatic heterocycles. The molecule has 6 nitrogen and oxygen atoms in total. The first-order chi connectivity index (χ1) is 9.63. The van der Waals surface area contributed by atoms with E-state index in [0.29, 0.717) is 17.3 Å². The average molecular weight is 297 g/mol. The first-order valence-electron chi connectivity index (χ1n) is 6.42. The quantitative estimate of drug-likeness (QED) is 0.495. The van der Waals surface area contributed by atoms with E-state index in [-0.39, 0.29) is 5.69 Å². The monoisotopic (exact) mass is 296 g/mol. The van der Waals surface area contributed by atoms with Gasteiger partial charge < -0.3 is 15.5 Å². The molecule has 0 radical (unpaired) electrons. The van der Waals surface area contributed by atoms with Crippen LogP contribution in [0.5, 0.6) is 0 Å². The van der Waals surface area contributed by atoms with Crippen LogP contribution in [0.3, 0.4) is 0 Å². The molecule has 2 N–H and O–H groups in total. The summed E-state index contributed by atoms with van der Waals surface area (Å²) >= 11 is 6.20. The first-order valence-corrected chi connectivity index (χ1v) is 6.79. The van der Waals surface area contributed by atoms with Gasteiger partial charge in [-0.1, -0.05) is 17.7 Å². The SMILES string of the molecule is C=CCNc1cc(N2CCNCC2)c(Cl)cc1[N+](=O)[O-]. The maximum atomic E-state index is 11.1. The minimum Gasteiger partial charge on any atom is -0.376 e. The lowest BCUT2D eigenvalue weighted by Crippen LogP contribution is -2.43. The lowest BCUT2D eigenvalue weighted by atomic mass is 10.2. The fraction of sp³-hybridized carbons (Fsp3) is 0.385. The van der Waals surface area contributed by atoms with E-state index in [0.717, 1.165) is 31.9 Å². The number of nitro groups is 1. The van der Waals surface area contributed by atoms with Crippen molar-refractivity contribution in [3.8, 4) is 0 Å². The third-order valence-corrected chi connectivity index (χ3v) is 3.46. The minimum absolute atomic E-state index is 0.0178. The molecule has 1 aliphatic heterocycles. The molecule has 1 saturated heterocycles. The maximum absolute atomic E-state index is 11.1. The first kappa shape index (κ1) is 14.6. The highest BCUT2D eigenvalue weighted by atomic mass is 35.5. The second-order valence-corrected chi connectivity index (χ2v) is 4.89. The van der Waals surface area contributed by atoms with Crippen molar-refractivity contribution >= 4 is 28.7 Å². The Balaban J connectivity index is 2.36. The van der Waals surface area contributed by atoms with Gasteiger partial charge in [0, 0.05) is 38.8 Å². The summed E-state index contributed by atoms with van der Waals surface area (Å²) in [5.41, 5.74) is 1.27. The number of anilines is 2. The van der Waals surface area contributed by atoms with E-state index in [1.54, 1.807) is 12.1 Å². The highest BCUT2D eigenvalue weighted by Crippen LogP contribution is 2.36. The number of rotatable bonds is 5. The number of piperazine rings is 1. The number of halogens is 1. The molecule has 1 aromatic carbocycles. The summed E-state index contributed by atoms with van der Waals surface area (Å²) in [5.74, 6) is 0. The summed E-state index contributed by atoms with van der Waals surface area (Å²) < 4.78 is 0. The summed E-state index contributed by atoms with van der Waals surface area (Å²) in [7, 11) is 0. The van der Waals surface area contributed by atoms with Crippen LogP contribution in [0, 0.1) is 10.1 Å². The van der Waals surface area contributed by atoms with Gasteiger partial charge >= 0.3 is 0 Å². The van der Waals surface area contributed by atoms with Gasteiger partial charge in [0.05, 0.1) is 15.6 Å². The second kappa shape index (κ2) is 6.58. The average Bonchev–Trinajstić information content (AvgIpc) is 2.46. The smallest absolute Gasteiger partial charge is 0.293 e. The van der Waals surface area contributed by atoms with Crippen LogP contribution >= 0.6 is 11.6 Å². The van der Waals surface area contributed by atoms with Gasteiger partial charge in [-0.2, -0.15) is 0 Å². The third-order valence-electron chi connectivity index (χ3n) is 3.16.